The molecule has 1 fully saturated rings. The van der Waals surface area contributed by atoms with Crippen molar-refractivity contribution in [3.05, 3.63) is 30.1 Å². The van der Waals surface area contributed by atoms with Crippen molar-refractivity contribution >= 4 is 5.69 Å². The van der Waals surface area contributed by atoms with Gasteiger partial charge in [-0.15, -0.1) is 0 Å². The number of ether oxygens (including phenoxy) is 1. The van der Waals surface area contributed by atoms with E-state index in [-0.39, 0.29) is 11.9 Å². The molecule has 3 nitrogen and oxygen atoms in total. The molecule has 1 aromatic carbocycles. The Bertz CT molecular complexity index is 344. The van der Waals surface area contributed by atoms with Crippen molar-refractivity contribution in [2.24, 2.45) is 5.73 Å². The molecule has 1 aromatic rings. The topological polar surface area (TPSA) is 38.5 Å². The van der Waals surface area contributed by atoms with Gasteiger partial charge in [0.15, 0.2) is 0 Å². The quantitative estimate of drug-likeness (QED) is 0.843. The van der Waals surface area contributed by atoms with Crippen molar-refractivity contribution in [2.75, 3.05) is 31.2 Å². The van der Waals surface area contributed by atoms with Crippen LogP contribution >= 0.6 is 0 Å². The van der Waals surface area contributed by atoms with Gasteiger partial charge in [0.05, 0.1) is 19.3 Å². The Morgan fingerprint density at radius 3 is 3.12 bits per heavy atom. The van der Waals surface area contributed by atoms with Gasteiger partial charge in [-0.3, -0.25) is 0 Å². The number of halogens is 1. The van der Waals surface area contributed by atoms with Crippen LogP contribution in [0.2, 0.25) is 0 Å². The molecule has 88 valence electrons. The molecule has 1 aliphatic heterocycles. The minimum Gasteiger partial charge on any atom is -0.377 e. The van der Waals surface area contributed by atoms with Gasteiger partial charge in [-0.1, -0.05) is 6.07 Å². The Labute approximate surface area is 95.0 Å². The summed E-state index contributed by atoms with van der Waals surface area (Å²) in [6, 6.07) is 6.95. The summed E-state index contributed by atoms with van der Waals surface area (Å²) in [5.41, 5.74) is 6.49. The van der Waals surface area contributed by atoms with Crippen molar-refractivity contribution in [2.45, 2.75) is 12.5 Å². The molecule has 0 spiro atoms. The van der Waals surface area contributed by atoms with E-state index in [9.17, 15) is 4.39 Å². The molecule has 1 aliphatic rings. The van der Waals surface area contributed by atoms with E-state index in [1.807, 2.05) is 6.07 Å². The Morgan fingerprint density at radius 2 is 2.38 bits per heavy atom. The second-order valence-electron chi connectivity index (χ2n) is 3.98. The molecule has 0 radical (unpaired) electrons. The third-order valence-electron chi connectivity index (χ3n) is 2.87. The lowest BCUT2D eigenvalue weighted by Crippen LogP contribution is -2.46. The molecular weight excluding hydrogens is 207 g/mol. The number of rotatable bonds is 3. The summed E-state index contributed by atoms with van der Waals surface area (Å²) in [7, 11) is 0. The van der Waals surface area contributed by atoms with Gasteiger partial charge < -0.3 is 15.4 Å². The van der Waals surface area contributed by atoms with Gasteiger partial charge in [-0.05, 0) is 31.2 Å². The molecule has 0 bridgehead atoms. The summed E-state index contributed by atoms with van der Waals surface area (Å²) in [6.07, 6.45) is 0.872. The lowest BCUT2D eigenvalue weighted by Gasteiger charge is -2.37. The van der Waals surface area contributed by atoms with Crippen molar-refractivity contribution in [1.29, 1.82) is 0 Å². The highest BCUT2D eigenvalue weighted by Crippen LogP contribution is 2.21. The maximum atomic E-state index is 13.2. The van der Waals surface area contributed by atoms with Gasteiger partial charge in [0.2, 0.25) is 0 Å². The van der Waals surface area contributed by atoms with E-state index >= 15 is 0 Å². The molecule has 1 atom stereocenters. The first-order valence-electron chi connectivity index (χ1n) is 5.61. The van der Waals surface area contributed by atoms with Crippen LogP contribution in [0.15, 0.2) is 24.3 Å². The van der Waals surface area contributed by atoms with Crippen molar-refractivity contribution in [3.63, 3.8) is 0 Å². The van der Waals surface area contributed by atoms with Gasteiger partial charge >= 0.3 is 0 Å². The molecule has 2 N–H and O–H groups in total. The van der Waals surface area contributed by atoms with E-state index < -0.39 is 0 Å². The monoisotopic (exact) mass is 224 g/mol. The normalized spacial score (nSPS) is 21.1. The van der Waals surface area contributed by atoms with E-state index in [4.69, 9.17) is 10.5 Å². The van der Waals surface area contributed by atoms with Crippen LogP contribution in [-0.2, 0) is 4.74 Å². The fourth-order valence-electron chi connectivity index (χ4n) is 2.08. The van der Waals surface area contributed by atoms with E-state index in [1.165, 1.54) is 6.07 Å². The standard InChI is InChI=1S/C12H17FN2O/c13-10-2-1-3-11(8-10)15-6-7-16-9-12(15)4-5-14/h1-3,8,12H,4-7,9,14H2. The summed E-state index contributed by atoms with van der Waals surface area (Å²) in [6.45, 7) is 2.79. The largest absolute Gasteiger partial charge is 0.377 e. The number of morpholine rings is 1. The fraction of sp³-hybridized carbons (Fsp3) is 0.500. The number of benzene rings is 1. The molecule has 0 saturated carbocycles. The Hall–Kier alpha value is -1.13. The SMILES string of the molecule is NCCC1COCCN1c1cccc(F)c1. The predicted molar refractivity (Wildman–Crippen MR) is 62.0 cm³/mol. The van der Waals surface area contributed by atoms with Crippen LogP contribution in [0, 0.1) is 5.82 Å². The molecular formula is C12H17FN2O. The van der Waals surface area contributed by atoms with Gasteiger partial charge in [-0.2, -0.15) is 0 Å². The van der Waals surface area contributed by atoms with Crippen molar-refractivity contribution in [1.82, 2.24) is 0 Å². The lowest BCUT2D eigenvalue weighted by atomic mass is 10.1. The van der Waals surface area contributed by atoms with Crippen LogP contribution in [0.25, 0.3) is 0 Å². The van der Waals surface area contributed by atoms with Crippen LogP contribution in [0.5, 0.6) is 0 Å². The molecule has 4 heteroatoms. The van der Waals surface area contributed by atoms with E-state index in [1.54, 1.807) is 12.1 Å². The maximum Gasteiger partial charge on any atom is 0.125 e. The minimum atomic E-state index is -0.199. The Balaban J connectivity index is 2.16. The summed E-state index contributed by atoms with van der Waals surface area (Å²) in [4.78, 5) is 2.18. The molecule has 1 unspecified atom stereocenters. The molecule has 2 rings (SSSR count). The first-order valence-corrected chi connectivity index (χ1v) is 5.61. The zero-order valence-corrected chi connectivity index (χ0v) is 9.23. The summed E-state index contributed by atoms with van der Waals surface area (Å²) in [5.74, 6) is -0.199. The number of hydrogen-bond donors (Lipinski definition) is 1. The lowest BCUT2D eigenvalue weighted by molar-refractivity contribution is 0.0922. The highest BCUT2D eigenvalue weighted by atomic mass is 19.1. The summed E-state index contributed by atoms with van der Waals surface area (Å²) >= 11 is 0. The molecule has 1 heterocycles. The molecule has 0 aliphatic carbocycles. The second kappa shape index (κ2) is 5.27. The Kier molecular flexibility index (Phi) is 3.74. The third-order valence-corrected chi connectivity index (χ3v) is 2.87. The smallest absolute Gasteiger partial charge is 0.125 e. The fourth-order valence-corrected chi connectivity index (χ4v) is 2.08. The number of hydrogen-bond acceptors (Lipinski definition) is 3. The minimum absolute atomic E-state index is 0.199. The molecule has 1 saturated heterocycles. The average molecular weight is 224 g/mol. The van der Waals surface area contributed by atoms with Crippen LogP contribution < -0.4 is 10.6 Å². The van der Waals surface area contributed by atoms with Crippen molar-refractivity contribution < 1.29 is 9.13 Å². The van der Waals surface area contributed by atoms with E-state index in [0.29, 0.717) is 19.8 Å². The number of nitrogens with two attached hydrogens (primary N) is 1. The van der Waals surface area contributed by atoms with Crippen LogP contribution in [0.4, 0.5) is 10.1 Å². The van der Waals surface area contributed by atoms with E-state index in [0.717, 1.165) is 18.7 Å². The summed E-state index contributed by atoms with van der Waals surface area (Å²) < 4.78 is 18.6. The zero-order valence-electron chi connectivity index (χ0n) is 9.23. The second-order valence-corrected chi connectivity index (χ2v) is 3.98. The average Bonchev–Trinajstić information content (AvgIpc) is 2.30. The molecule has 16 heavy (non-hydrogen) atoms. The van der Waals surface area contributed by atoms with Gasteiger partial charge in [-0.25, -0.2) is 4.39 Å². The van der Waals surface area contributed by atoms with E-state index in [2.05, 4.69) is 4.90 Å². The predicted octanol–water partition coefficient (Wildman–Crippen LogP) is 1.38. The summed E-state index contributed by atoms with van der Waals surface area (Å²) in [5, 5.41) is 0. The molecule has 0 amide bonds. The first kappa shape index (κ1) is 11.4. The first-order chi connectivity index (χ1) is 7.81. The maximum absolute atomic E-state index is 13.2. The van der Waals surface area contributed by atoms with Gasteiger partial charge in [0.1, 0.15) is 5.82 Å². The highest BCUT2D eigenvalue weighted by Gasteiger charge is 2.22. The Morgan fingerprint density at radius 1 is 1.50 bits per heavy atom. The van der Waals surface area contributed by atoms with Crippen LogP contribution in [0.3, 0.4) is 0 Å². The van der Waals surface area contributed by atoms with Crippen LogP contribution in [0.1, 0.15) is 6.42 Å². The highest BCUT2D eigenvalue weighted by molar-refractivity contribution is 5.47. The number of nitrogens with zero attached hydrogens (tertiary/aromatic N) is 1. The third kappa shape index (κ3) is 2.51. The van der Waals surface area contributed by atoms with Gasteiger partial charge in [0.25, 0.3) is 0 Å². The number of anilines is 1. The van der Waals surface area contributed by atoms with Gasteiger partial charge in [0, 0.05) is 12.2 Å². The van der Waals surface area contributed by atoms with Crippen LogP contribution in [-0.4, -0.2) is 32.3 Å². The molecule has 0 aromatic heterocycles. The zero-order chi connectivity index (χ0) is 11.4. The van der Waals surface area contributed by atoms with Crippen molar-refractivity contribution in [3.8, 4) is 0 Å².